The Morgan fingerprint density at radius 2 is 1.86 bits per heavy atom. The Morgan fingerprint density at radius 1 is 1.10 bits per heavy atom. The molecule has 0 atom stereocenters. The van der Waals surface area contributed by atoms with Crippen molar-refractivity contribution in [1.29, 1.82) is 0 Å². The molecule has 0 saturated heterocycles. The third-order valence-electron chi connectivity index (χ3n) is 3.46. The third kappa shape index (κ3) is 6.04. The lowest BCUT2D eigenvalue weighted by Crippen LogP contribution is -2.06. The Labute approximate surface area is 166 Å². The summed E-state index contributed by atoms with van der Waals surface area (Å²) in [6.45, 7) is 0. The van der Waals surface area contributed by atoms with Gasteiger partial charge >= 0.3 is 6.18 Å². The molecule has 5 nitrogen and oxygen atoms in total. The van der Waals surface area contributed by atoms with Gasteiger partial charge in [0.05, 0.1) is 17.4 Å². The molecule has 0 fully saturated rings. The van der Waals surface area contributed by atoms with Crippen LogP contribution in [0.2, 0.25) is 0 Å². The van der Waals surface area contributed by atoms with Crippen molar-refractivity contribution in [2.45, 2.75) is 6.18 Å². The van der Waals surface area contributed by atoms with E-state index < -0.39 is 17.6 Å². The van der Waals surface area contributed by atoms with Crippen molar-refractivity contribution < 1.29 is 22.4 Å². The van der Waals surface area contributed by atoms with Crippen LogP contribution >= 0.6 is 11.3 Å². The Kier molecular flexibility index (Phi) is 6.13. The van der Waals surface area contributed by atoms with Crippen LogP contribution in [0.5, 0.6) is 0 Å². The van der Waals surface area contributed by atoms with E-state index in [2.05, 4.69) is 20.5 Å². The zero-order chi connectivity index (χ0) is 20.9. The number of aromatic nitrogens is 1. The van der Waals surface area contributed by atoms with Crippen LogP contribution in [-0.2, 0) is 11.0 Å². The number of alkyl halides is 3. The van der Waals surface area contributed by atoms with E-state index in [1.807, 2.05) is 0 Å². The number of nitrogens with one attached hydrogen (secondary N) is 1. The number of hydrogen-bond donors (Lipinski definition) is 1. The molecule has 10 heteroatoms. The van der Waals surface area contributed by atoms with Gasteiger partial charge < -0.3 is 0 Å². The Hall–Kier alpha value is -3.40. The number of azo groups is 1. The van der Waals surface area contributed by atoms with Crippen LogP contribution in [0, 0.1) is 5.82 Å². The van der Waals surface area contributed by atoms with Crippen LogP contribution in [0.4, 0.5) is 33.4 Å². The maximum atomic E-state index is 12.8. The molecule has 3 aromatic rings. The zero-order valence-corrected chi connectivity index (χ0v) is 15.3. The number of carbonyl (C=O) groups is 1. The van der Waals surface area contributed by atoms with Crippen LogP contribution in [0.1, 0.15) is 11.1 Å². The summed E-state index contributed by atoms with van der Waals surface area (Å²) < 4.78 is 50.9. The highest BCUT2D eigenvalue weighted by molar-refractivity contribution is 7.19. The average molecular weight is 420 g/mol. The third-order valence-corrected chi connectivity index (χ3v) is 4.26. The lowest BCUT2D eigenvalue weighted by atomic mass is 10.2. The smallest absolute Gasteiger partial charge is 0.298 e. The predicted octanol–water partition coefficient (Wildman–Crippen LogP) is 6.37. The molecule has 3 rings (SSSR count). The van der Waals surface area contributed by atoms with Crippen LogP contribution in [0.25, 0.3) is 6.08 Å². The molecule has 148 valence electrons. The van der Waals surface area contributed by atoms with Crippen molar-refractivity contribution in [3.63, 3.8) is 0 Å². The first-order chi connectivity index (χ1) is 13.8. The fraction of sp³-hybridized carbons (Fsp3) is 0.0526. The standard InChI is InChI=1S/C19H12F4N4OS/c20-14-7-4-12(5-8-14)6-9-16(28)25-18-24-11-17(29-18)27-26-15-3-1-2-13(10-15)19(21,22)23/h1-11H,(H,24,25,28)/b9-6+,27-26?. The van der Waals surface area contributed by atoms with Gasteiger partial charge in [-0.15, -0.1) is 10.2 Å². The van der Waals surface area contributed by atoms with Gasteiger partial charge in [-0.1, -0.05) is 29.5 Å². The summed E-state index contributed by atoms with van der Waals surface area (Å²) in [6, 6.07) is 10.1. The summed E-state index contributed by atoms with van der Waals surface area (Å²) in [5, 5.41) is 10.7. The Morgan fingerprint density at radius 3 is 2.59 bits per heavy atom. The predicted molar refractivity (Wildman–Crippen MR) is 102 cm³/mol. The first-order valence-electron chi connectivity index (χ1n) is 8.09. The molecule has 0 unspecified atom stereocenters. The van der Waals surface area contributed by atoms with Crippen molar-refractivity contribution >= 4 is 39.1 Å². The molecule has 1 aromatic heterocycles. The molecule has 0 bridgehead atoms. The minimum absolute atomic E-state index is 0.0426. The van der Waals surface area contributed by atoms with Crippen molar-refractivity contribution in [3.8, 4) is 0 Å². The number of carbonyl (C=O) groups excluding carboxylic acids is 1. The van der Waals surface area contributed by atoms with Gasteiger partial charge in [0.25, 0.3) is 0 Å². The summed E-state index contributed by atoms with van der Waals surface area (Å²) in [5.41, 5.74) is -0.128. The topological polar surface area (TPSA) is 66.7 Å². The van der Waals surface area contributed by atoms with Crippen molar-refractivity contribution in [3.05, 3.63) is 77.7 Å². The van der Waals surface area contributed by atoms with Crippen LogP contribution in [0.15, 0.2) is 71.0 Å². The molecule has 0 radical (unpaired) electrons. The van der Waals surface area contributed by atoms with E-state index in [0.717, 1.165) is 23.5 Å². The molecule has 29 heavy (non-hydrogen) atoms. The second-order valence-corrected chi connectivity index (χ2v) is 6.63. The monoisotopic (exact) mass is 420 g/mol. The van der Waals surface area contributed by atoms with E-state index in [4.69, 9.17) is 0 Å². The number of hydrogen-bond acceptors (Lipinski definition) is 5. The molecule has 0 aliphatic carbocycles. The molecule has 1 N–H and O–H groups in total. The fourth-order valence-corrected chi connectivity index (χ4v) is 2.76. The molecule has 2 aromatic carbocycles. The average Bonchev–Trinajstić information content (AvgIpc) is 3.13. The first kappa shape index (κ1) is 20.3. The summed E-state index contributed by atoms with van der Waals surface area (Å²) >= 11 is 1.00. The quantitative estimate of drug-likeness (QED) is 0.296. The number of halogens is 4. The van der Waals surface area contributed by atoms with E-state index >= 15 is 0 Å². The molecule has 0 aliphatic heterocycles. The number of rotatable bonds is 5. The number of amides is 1. The summed E-state index contributed by atoms with van der Waals surface area (Å²) in [4.78, 5) is 15.9. The molecule has 0 saturated carbocycles. The highest BCUT2D eigenvalue weighted by Crippen LogP contribution is 2.32. The number of nitrogens with zero attached hydrogens (tertiary/aromatic N) is 3. The van der Waals surface area contributed by atoms with E-state index in [1.165, 1.54) is 54.7 Å². The van der Waals surface area contributed by atoms with Crippen LogP contribution in [0.3, 0.4) is 0 Å². The lowest BCUT2D eigenvalue weighted by molar-refractivity contribution is -0.137. The van der Waals surface area contributed by atoms with E-state index in [1.54, 1.807) is 0 Å². The van der Waals surface area contributed by atoms with Crippen LogP contribution < -0.4 is 5.32 Å². The summed E-state index contributed by atoms with van der Waals surface area (Å²) in [7, 11) is 0. The number of thiazole rings is 1. The summed E-state index contributed by atoms with van der Waals surface area (Å²) in [6.07, 6.45) is -0.356. The van der Waals surface area contributed by atoms with Gasteiger partial charge in [-0.05, 0) is 42.0 Å². The van der Waals surface area contributed by atoms with Gasteiger partial charge in [-0.2, -0.15) is 13.2 Å². The van der Waals surface area contributed by atoms with Gasteiger partial charge in [-0.3, -0.25) is 10.1 Å². The zero-order valence-electron chi connectivity index (χ0n) is 14.5. The van der Waals surface area contributed by atoms with Gasteiger partial charge in [-0.25, -0.2) is 9.37 Å². The van der Waals surface area contributed by atoms with Crippen molar-refractivity contribution in [2.24, 2.45) is 10.2 Å². The van der Waals surface area contributed by atoms with E-state index in [9.17, 15) is 22.4 Å². The normalized spacial score (nSPS) is 12.0. The lowest BCUT2D eigenvalue weighted by Gasteiger charge is -2.05. The highest BCUT2D eigenvalue weighted by atomic mass is 32.1. The molecule has 1 amide bonds. The second kappa shape index (κ2) is 8.74. The van der Waals surface area contributed by atoms with Crippen molar-refractivity contribution in [2.75, 3.05) is 5.32 Å². The number of benzene rings is 2. The van der Waals surface area contributed by atoms with Crippen molar-refractivity contribution in [1.82, 2.24) is 4.98 Å². The van der Waals surface area contributed by atoms with Gasteiger partial charge in [0.15, 0.2) is 10.1 Å². The Bertz CT molecular complexity index is 1060. The number of anilines is 1. The maximum Gasteiger partial charge on any atom is 0.416 e. The molecule has 0 aliphatic rings. The first-order valence-corrected chi connectivity index (χ1v) is 8.91. The SMILES string of the molecule is O=C(/C=C/c1ccc(F)cc1)Nc1ncc(N=Nc2cccc(C(F)(F)F)c2)s1. The van der Waals surface area contributed by atoms with E-state index in [-0.39, 0.29) is 16.6 Å². The van der Waals surface area contributed by atoms with Crippen LogP contribution in [-0.4, -0.2) is 10.9 Å². The molecular weight excluding hydrogens is 408 g/mol. The van der Waals surface area contributed by atoms with Gasteiger partial charge in [0.2, 0.25) is 5.91 Å². The Balaban J connectivity index is 1.61. The minimum Gasteiger partial charge on any atom is -0.298 e. The largest absolute Gasteiger partial charge is 0.416 e. The molecule has 0 spiro atoms. The van der Waals surface area contributed by atoms with E-state index in [0.29, 0.717) is 10.6 Å². The summed E-state index contributed by atoms with van der Waals surface area (Å²) in [5.74, 6) is -0.828. The maximum absolute atomic E-state index is 12.8. The molecule has 1 heterocycles. The second-order valence-electron chi connectivity index (χ2n) is 5.63. The fourth-order valence-electron chi connectivity index (χ4n) is 2.11. The minimum atomic E-state index is -4.46. The van der Waals surface area contributed by atoms with Gasteiger partial charge in [0, 0.05) is 6.08 Å². The highest BCUT2D eigenvalue weighted by Gasteiger charge is 2.30. The molecular formula is C19H12F4N4OS. The van der Waals surface area contributed by atoms with Gasteiger partial charge in [0.1, 0.15) is 5.82 Å².